The lowest BCUT2D eigenvalue weighted by molar-refractivity contribution is -0.151. The fourth-order valence-electron chi connectivity index (χ4n) is 4.03. The summed E-state index contributed by atoms with van der Waals surface area (Å²) < 4.78 is 5.71. The highest BCUT2D eigenvalue weighted by Gasteiger charge is 2.29. The summed E-state index contributed by atoms with van der Waals surface area (Å²) in [5.41, 5.74) is 1.24. The van der Waals surface area contributed by atoms with Gasteiger partial charge in [0, 0.05) is 18.8 Å². The van der Waals surface area contributed by atoms with Crippen LogP contribution in [0.3, 0.4) is 0 Å². The molecule has 0 radical (unpaired) electrons. The summed E-state index contributed by atoms with van der Waals surface area (Å²) in [5, 5.41) is 51.5. The van der Waals surface area contributed by atoms with Crippen LogP contribution in [0.1, 0.15) is 73.1 Å². The number of allylic oxidation sites excluding steroid dienone is 5. The molecule has 0 aliphatic carbocycles. The third-order valence-corrected chi connectivity index (χ3v) is 6.60. The maximum Gasteiger partial charge on any atom is 0.306 e. The molecule has 1 aliphatic rings. The molecule has 9 atom stereocenters. The lowest BCUT2D eigenvalue weighted by atomic mass is 9.90. The van der Waals surface area contributed by atoms with E-state index in [1.54, 1.807) is 13.0 Å². The third-order valence-electron chi connectivity index (χ3n) is 6.60. The lowest BCUT2D eigenvalue weighted by Crippen LogP contribution is -2.39. The number of ether oxygens (including phenoxy) is 1. The minimum atomic E-state index is -1.42. The van der Waals surface area contributed by atoms with E-state index in [1.165, 1.54) is 11.6 Å². The van der Waals surface area contributed by atoms with Crippen molar-refractivity contribution >= 4 is 5.97 Å². The Morgan fingerprint density at radius 1 is 1.08 bits per heavy atom. The molecule has 0 saturated carbocycles. The molecule has 0 aromatic heterocycles. The Labute approximate surface area is 216 Å². The topological polar surface area (TPSA) is 127 Å². The summed E-state index contributed by atoms with van der Waals surface area (Å²) in [6.07, 6.45) is 8.56. The zero-order valence-electron chi connectivity index (χ0n) is 22.5. The molecule has 5 N–H and O–H groups in total. The Hall–Kier alpha value is -1.77. The highest BCUT2D eigenvalue weighted by Crippen LogP contribution is 2.22. The molecular formula is C29H48O7. The Bertz CT molecular complexity index is 753. The van der Waals surface area contributed by atoms with Gasteiger partial charge >= 0.3 is 5.97 Å². The van der Waals surface area contributed by atoms with Crippen molar-refractivity contribution < 1.29 is 35.1 Å². The van der Waals surface area contributed by atoms with Crippen LogP contribution in [0.15, 0.2) is 48.1 Å². The van der Waals surface area contributed by atoms with Crippen molar-refractivity contribution in [1.82, 2.24) is 0 Å². The van der Waals surface area contributed by atoms with E-state index in [0.717, 1.165) is 6.42 Å². The van der Waals surface area contributed by atoms with Crippen LogP contribution >= 0.6 is 0 Å². The second-order valence-electron chi connectivity index (χ2n) is 10.6. The van der Waals surface area contributed by atoms with Gasteiger partial charge in [-0.3, -0.25) is 4.79 Å². The summed E-state index contributed by atoms with van der Waals surface area (Å²) >= 11 is 0. The molecule has 206 valence electrons. The summed E-state index contributed by atoms with van der Waals surface area (Å²) in [7, 11) is 0. The first-order chi connectivity index (χ1) is 16.9. The number of hydrogen-bond donors (Lipinski definition) is 5. The van der Waals surface area contributed by atoms with E-state index < -0.39 is 48.5 Å². The van der Waals surface area contributed by atoms with Crippen molar-refractivity contribution in [3.05, 3.63) is 48.1 Å². The lowest BCUT2D eigenvalue weighted by Gasteiger charge is -2.27. The highest BCUT2D eigenvalue weighted by molar-refractivity contribution is 5.69. The molecule has 0 saturated heterocycles. The molecule has 0 fully saturated rings. The van der Waals surface area contributed by atoms with Crippen LogP contribution in [0, 0.1) is 17.8 Å². The monoisotopic (exact) mass is 508 g/mol. The van der Waals surface area contributed by atoms with E-state index in [4.69, 9.17) is 4.74 Å². The van der Waals surface area contributed by atoms with Crippen LogP contribution in [0.25, 0.3) is 0 Å². The van der Waals surface area contributed by atoms with Gasteiger partial charge in [0.1, 0.15) is 18.3 Å². The van der Waals surface area contributed by atoms with Crippen molar-refractivity contribution in [2.75, 3.05) is 0 Å². The Morgan fingerprint density at radius 2 is 1.78 bits per heavy atom. The summed E-state index contributed by atoms with van der Waals surface area (Å²) in [5.74, 6) is -0.600. The minimum absolute atomic E-state index is 0.0229. The fourth-order valence-corrected chi connectivity index (χ4v) is 4.03. The van der Waals surface area contributed by atoms with Gasteiger partial charge in [-0.1, -0.05) is 68.9 Å². The molecule has 0 spiro atoms. The molecular weight excluding hydrogens is 460 g/mol. The van der Waals surface area contributed by atoms with Gasteiger partial charge in [-0.15, -0.1) is 0 Å². The third kappa shape index (κ3) is 13.0. The summed E-state index contributed by atoms with van der Waals surface area (Å²) in [4.78, 5) is 12.5. The molecule has 7 heteroatoms. The average Bonchev–Trinajstić information content (AvgIpc) is 2.80. The predicted molar refractivity (Wildman–Crippen MR) is 142 cm³/mol. The number of esters is 1. The van der Waals surface area contributed by atoms with E-state index in [0.29, 0.717) is 12.3 Å². The van der Waals surface area contributed by atoms with Gasteiger partial charge in [-0.25, -0.2) is 0 Å². The first kappa shape index (κ1) is 32.3. The molecule has 0 aromatic rings. The van der Waals surface area contributed by atoms with Crippen molar-refractivity contribution in [3.8, 4) is 0 Å². The van der Waals surface area contributed by atoms with Crippen LogP contribution in [0.2, 0.25) is 0 Å². The van der Waals surface area contributed by atoms with Gasteiger partial charge in [-0.2, -0.15) is 0 Å². The molecule has 1 unspecified atom stereocenters. The van der Waals surface area contributed by atoms with Crippen LogP contribution in [-0.2, 0) is 9.53 Å². The van der Waals surface area contributed by atoms with Gasteiger partial charge in [0.2, 0.25) is 0 Å². The molecule has 1 heterocycles. The zero-order valence-corrected chi connectivity index (χ0v) is 22.5. The van der Waals surface area contributed by atoms with E-state index in [9.17, 15) is 30.3 Å². The maximum absolute atomic E-state index is 12.5. The number of cyclic esters (lactones) is 1. The molecule has 0 bridgehead atoms. The first-order valence-electron chi connectivity index (χ1n) is 13.2. The Balaban J connectivity index is 2.93. The van der Waals surface area contributed by atoms with Crippen molar-refractivity contribution in [2.24, 2.45) is 17.8 Å². The van der Waals surface area contributed by atoms with Crippen LogP contribution in [-0.4, -0.2) is 68.1 Å². The molecule has 7 nitrogen and oxygen atoms in total. The van der Waals surface area contributed by atoms with Gasteiger partial charge in [0.25, 0.3) is 0 Å². The van der Waals surface area contributed by atoms with Gasteiger partial charge < -0.3 is 30.3 Å². The number of hydrogen-bond acceptors (Lipinski definition) is 7. The summed E-state index contributed by atoms with van der Waals surface area (Å²) in [6.45, 7) is 9.88. The molecule has 0 aromatic carbocycles. The van der Waals surface area contributed by atoms with Crippen LogP contribution in [0.4, 0.5) is 0 Å². The average molecular weight is 509 g/mol. The normalized spacial score (nSPS) is 34.3. The zero-order chi connectivity index (χ0) is 27.3. The van der Waals surface area contributed by atoms with E-state index in [-0.39, 0.29) is 31.6 Å². The Morgan fingerprint density at radius 3 is 2.44 bits per heavy atom. The number of aliphatic hydroxyl groups excluding tert-OH is 5. The van der Waals surface area contributed by atoms with Crippen molar-refractivity contribution in [2.45, 2.75) is 110 Å². The standard InChI is InChI=1S/C29H48O7/c1-19(2)9-6-10-20(3)11-7-12-21(4)27-14-8-13-24(31)29(35)26(33)17-22(5)25(32)18-23(30)15-16-28(34)36-27/h6-10,12-13,20-27,29-33,35H,11,14-18H2,1-5H3/b10-6+,12-7+,13-8+/t20?,21-,22-,23+,24-,25+,26+,27+,29-/m1/s1. The number of carbonyl (C=O) groups is 1. The van der Waals surface area contributed by atoms with Crippen molar-refractivity contribution in [1.29, 1.82) is 0 Å². The van der Waals surface area contributed by atoms with Crippen molar-refractivity contribution in [3.63, 3.8) is 0 Å². The van der Waals surface area contributed by atoms with E-state index >= 15 is 0 Å². The van der Waals surface area contributed by atoms with Crippen LogP contribution < -0.4 is 0 Å². The van der Waals surface area contributed by atoms with Gasteiger partial charge in [0.15, 0.2) is 0 Å². The largest absolute Gasteiger partial charge is 0.461 e. The van der Waals surface area contributed by atoms with Gasteiger partial charge in [-0.05, 0) is 51.4 Å². The smallest absolute Gasteiger partial charge is 0.306 e. The SMILES string of the molecule is CC(C)=C/C=C/C(C)C/C=C/[C@@H](C)[C@@H]1C/C=C/[C@@H](O)[C@@H](O)[C@@H](O)C[C@@H](C)[C@@H](O)C[C@@H](O)CCC(=O)O1. The molecule has 0 amide bonds. The fraction of sp³-hybridized carbons (Fsp3) is 0.690. The van der Waals surface area contributed by atoms with Crippen LogP contribution in [0.5, 0.6) is 0 Å². The van der Waals surface area contributed by atoms with E-state index in [1.807, 2.05) is 26.8 Å². The number of carbonyl (C=O) groups excluding carboxylic acids is 1. The first-order valence-corrected chi connectivity index (χ1v) is 13.2. The quantitative estimate of drug-likeness (QED) is 0.211. The van der Waals surface area contributed by atoms with Gasteiger partial charge in [0.05, 0.1) is 18.3 Å². The Kier molecular flexibility index (Phi) is 15.1. The second-order valence-corrected chi connectivity index (χ2v) is 10.6. The van der Waals surface area contributed by atoms with E-state index in [2.05, 4.69) is 31.2 Å². The molecule has 1 rings (SSSR count). The molecule has 36 heavy (non-hydrogen) atoms. The second kappa shape index (κ2) is 16.9. The maximum atomic E-state index is 12.5. The predicted octanol–water partition coefficient (Wildman–Crippen LogP) is 3.60. The number of aliphatic hydroxyl groups is 5. The highest BCUT2D eigenvalue weighted by atomic mass is 16.5. The number of rotatable bonds is 6. The summed E-state index contributed by atoms with van der Waals surface area (Å²) in [6, 6.07) is 0. The molecule has 1 aliphatic heterocycles. The minimum Gasteiger partial charge on any atom is -0.461 e.